The van der Waals surface area contributed by atoms with E-state index in [-0.39, 0.29) is 5.91 Å². The second-order valence-corrected chi connectivity index (χ2v) is 5.11. The minimum Gasteiger partial charge on any atom is -0.480 e. The molecule has 0 radical (unpaired) electrons. The molecule has 1 heterocycles. The van der Waals surface area contributed by atoms with Gasteiger partial charge >= 0.3 is 5.97 Å². The molecule has 0 saturated carbocycles. The van der Waals surface area contributed by atoms with Crippen molar-refractivity contribution < 1.29 is 14.7 Å². The van der Waals surface area contributed by atoms with Gasteiger partial charge in [-0.05, 0) is 37.8 Å². The molecule has 0 spiro atoms. The van der Waals surface area contributed by atoms with E-state index in [0.29, 0.717) is 18.5 Å². The van der Waals surface area contributed by atoms with Crippen LogP contribution >= 0.6 is 0 Å². The summed E-state index contributed by atoms with van der Waals surface area (Å²) in [4.78, 5) is 25.1. The van der Waals surface area contributed by atoms with E-state index in [4.69, 9.17) is 5.11 Å². The van der Waals surface area contributed by atoms with E-state index in [1.54, 1.807) is 6.92 Å². The number of carbonyl (C=O) groups excluding carboxylic acids is 1. The lowest BCUT2D eigenvalue weighted by molar-refractivity contribution is -0.146. The molecule has 106 valence electrons. The first kappa shape index (κ1) is 14.3. The highest BCUT2D eigenvalue weighted by Gasteiger charge is 2.34. The van der Waals surface area contributed by atoms with Crippen molar-refractivity contribution >= 4 is 17.4 Å². The molecule has 1 aromatic carbocycles. The first-order chi connectivity index (χ1) is 9.52. The highest BCUT2D eigenvalue weighted by atomic mass is 16.4. The Bertz CT molecular complexity index is 548. The Labute approximate surface area is 118 Å². The van der Waals surface area contributed by atoms with Crippen molar-refractivity contribution in [3.63, 3.8) is 0 Å². The second-order valence-electron chi connectivity index (χ2n) is 5.11. The van der Waals surface area contributed by atoms with Gasteiger partial charge < -0.3 is 10.0 Å². The number of carboxylic acids is 1. The monoisotopic (exact) mass is 273 g/mol. The SMILES string of the molecule is C/C(C(=O)N1CCC[C@H]1C(=O)O)=C(/C)c1ccccc1. The van der Waals surface area contributed by atoms with E-state index >= 15 is 0 Å². The van der Waals surface area contributed by atoms with Crippen LogP contribution in [-0.2, 0) is 9.59 Å². The van der Waals surface area contributed by atoms with Crippen LogP contribution in [-0.4, -0.2) is 34.5 Å². The van der Waals surface area contributed by atoms with Gasteiger partial charge in [0.1, 0.15) is 6.04 Å². The van der Waals surface area contributed by atoms with E-state index in [0.717, 1.165) is 17.6 Å². The molecule has 0 aliphatic carbocycles. The maximum atomic E-state index is 12.5. The summed E-state index contributed by atoms with van der Waals surface area (Å²) in [5.41, 5.74) is 2.50. The molecule has 4 nitrogen and oxygen atoms in total. The molecule has 1 amide bonds. The zero-order chi connectivity index (χ0) is 14.7. The van der Waals surface area contributed by atoms with Crippen LogP contribution in [0.15, 0.2) is 35.9 Å². The van der Waals surface area contributed by atoms with Crippen LogP contribution in [0.4, 0.5) is 0 Å². The number of hydrogen-bond acceptors (Lipinski definition) is 2. The summed E-state index contributed by atoms with van der Waals surface area (Å²) in [6.45, 7) is 4.19. The summed E-state index contributed by atoms with van der Waals surface area (Å²) in [5, 5.41) is 9.16. The average Bonchev–Trinajstić information content (AvgIpc) is 2.95. The fourth-order valence-electron chi connectivity index (χ4n) is 2.55. The zero-order valence-corrected chi connectivity index (χ0v) is 11.8. The summed E-state index contributed by atoms with van der Waals surface area (Å²) in [5.74, 6) is -1.09. The first-order valence-electron chi connectivity index (χ1n) is 6.79. The number of carbonyl (C=O) groups is 2. The van der Waals surface area contributed by atoms with Gasteiger partial charge in [0.25, 0.3) is 5.91 Å². The van der Waals surface area contributed by atoms with Gasteiger partial charge in [0.15, 0.2) is 0 Å². The summed E-state index contributed by atoms with van der Waals surface area (Å²) in [6, 6.07) is 8.99. The molecule has 1 aliphatic rings. The van der Waals surface area contributed by atoms with Gasteiger partial charge in [-0.15, -0.1) is 0 Å². The third-order valence-corrected chi connectivity index (χ3v) is 3.89. The topological polar surface area (TPSA) is 57.6 Å². The number of rotatable bonds is 3. The Balaban J connectivity index is 2.26. The van der Waals surface area contributed by atoms with Gasteiger partial charge in [-0.25, -0.2) is 4.79 Å². The maximum absolute atomic E-state index is 12.5. The number of nitrogens with zero attached hydrogens (tertiary/aromatic N) is 1. The number of hydrogen-bond donors (Lipinski definition) is 1. The Morgan fingerprint density at radius 3 is 2.45 bits per heavy atom. The van der Waals surface area contributed by atoms with Gasteiger partial charge in [0.2, 0.25) is 0 Å². The first-order valence-corrected chi connectivity index (χ1v) is 6.79. The standard InChI is InChI=1S/C16H19NO3/c1-11(13-7-4-3-5-8-13)12(2)15(18)17-10-6-9-14(17)16(19)20/h3-5,7-8,14H,6,9-10H2,1-2H3,(H,19,20)/b12-11+/t14-/m0/s1. The van der Waals surface area contributed by atoms with Gasteiger partial charge in [0, 0.05) is 12.1 Å². The zero-order valence-electron chi connectivity index (χ0n) is 11.8. The van der Waals surface area contributed by atoms with Crippen molar-refractivity contribution in [1.82, 2.24) is 4.90 Å². The molecule has 1 saturated heterocycles. The van der Waals surface area contributed by atoms with E-state index in [2.05, 4.69) is 0 Å². The molecule has 2 rings (SSSR count). The summed E-state index contributed by atoms with van der Waals surface area (Å²) >= 11 is 0. The summed E-state index contributed by atoms with van der Waals surface area (Å²) < 4.78 is 0. The van der Waals surface area contributed by atoms with Crippen LogP contribution in [0.2, 0.25) is 0 Å². The number of likely N-dealkylation sites (tertiary alicyclic amines) is 1. The van der Waals surface area contributed by atoms with E-state index < -0.39 is 12.0 Å². The average molecular weight is 273 g/mol. The molecular formula is C16H19NO3. The number of amides is 1. The minimum absolute atomic E-state index is 0.170. The van der Waals surface area contributed by atoms with Gasteiger partial charge in [-0.2, -0.15) is 0 Å². The third kappa shape index (κ3) is 2.74. The second kappa shape index (κ2) is 5.90. The third-order valence-electron chi connectivity index (χ3n) is 3.89. The Hall–Kier alpha value is -2.10. The molecule has 0 unspecified atom stereocenters. The normalized spacial score (nSPS) is 19.7. The lowest BCUT2D eigenvalue weighted by Gasteiger charge is -2.22. The van der Waals surface area contributed by atoms with Crippen LogP contribution in [0.25, 0.3) is 5.57 Å². The van der Waals surface area contributed by atoms with E-state index in [1.807, 2.05) is 37.3 Å². The molecular weight excluding hydrogens is 254 g/mol. The van der Waals surface area contributed by atoms with E-state index in [9.17, 15) is 9.59 Å². The van der Waals surface area contributed by atoms with Crippen LogP contribution in [0, 0.1) is 0 Å². The van der Waals surface area contributed by atoms with Crippen molar-refractivity contribution in [2.24, 2.45) is 0 Å². The van der Waals surface area contributed by atoms with Gasteiger partial charge in [-0.1, -0.05) is 30.3 Å². The lowest BCUT2D eigenvalue weighted by Crippen LogP contribution is -2.40. The lowest BCUT2D eigenvalue weighted by atomic mass is 10.0. The van der Waals surface area contributed by atoms with Crippen LogP contribution in [0.3, 0.4) is 0 Å². The highest BCUT2D eigenvalue weighted by Crippen LogP contribution is 2.24. The summed E-state index contributed by atoms with van der Waals surface area (Å²) in [6.07, 6.45) is 1.29. The Morgan fingerprint density at radius 2 is 1.85 bits per heavy atom. The molecule has 4 heteroatoms. The molecule has 20 heavy (non-hydrogen) atoms. The Kier molecular flexibility index (Phi) is 4.23. The largest absolute Gasteiger partial charge is 0.480 e. The van der Waals surface area contributed by atoms with Crippen LogP contribution in [0.5, 0.6) is 0 Å². The number of benzene rings is 1. The number of carboxylic acid groups (broad SMARTS) is 1. The fourth-order valence-corrected chi connectivity index (χ4v) is 2.55. The maximum Gasteiger partial charge on any atom is 0.326 e. The number of aliphatic carboxylic acids is 1. The van der Waals surface area contributed by atoms with Crippen molar-refractivity contribution in [2.75, 3.05) is 6.54 Å². The smallest absolute Gasteiger partial charge is 0.326 e. The predicted molar refractivity (Wildman–Crippen MR) is 77.1 cm³/mol. The van der Waals surface area contributed by atoms with Crippen molar-refractivity contribution in [3.05, 3.63) is 41.5 Å². The fraction of sp³-hybridized carbons (Fsp3) is 0.375. The number of allylic oxidation sites excluding steroid dienone is 1. The quantitative estimate of drug-likeness (QED) is 0.861. The van der Waals surface area contributed by atoms with E-state index in [1.165, 1.54) is 4.90 Å². The molecule has 0 aromatic heterocycles. The van der Waals surface area contributed by atoms with Gasteiger partial charge in [0.05, 0.1) is 0 Å². The Morgan fingerprint density at radius 1 is 1.20 bits per heavy atom. The molecule has 1 aromatic rings. The van der Waals surface area contributed by atoms with Gasteiger partial charge in [-0.3, -0.25) is 4.79 Å². The predicted octanol–water partition coefficient (Wildman–Crippen LogP) is 2.56. The van der Waals surface area contributed by atoms with Crippen LogP contribution < -0.4 is 0 Å². The van der Waals surface area contributed by atoms with Crippen molar-refractivity contribution in [1.29, 1.82) is 0 Å². The minimum atomic E-state index is -0.916. The molecule has 1 aliphatic heterocycles. The molecule has 1 atom stereocenters. The van der Waals surface area contributed by atoms with Crippen molar-refractivity contribution in [2.45, 2.75) is 32.7 Å². The molecule has 1 fully saturated rings. The molecule has 1 N–H and O–H groups in total. The van der Waals surface area contributed by atoms with Crippen molar-refractivity contribution in [3.8, 4) is 0 Å². The van der Waals surface area contributed by atoms with Crippen LogP contribution in [0.1, 0.15) is 32.3 Å². The molecule has 0 bridgehead atoms. The summed E-state index contributed by atoms with van der Waals surface area (Å²) in [7, 11) is 0. The highest BCUT2D eigenvalue weighted by molar-refractivity contribution is 6.02.